The number of fused-ring (bicyclic) bond motifs is 3. The van der Waals surface area contributed by atoms with E-state index in [1.54, 1.807) is 12.1 Å². The molecule has 4 aromatic rings. The van der Waals surface area contributed by atoms with Gasteiger partial charge in [0.2, 0.25) is 9.84 Å². The molecule has 2 aromatic carbocycles. The van der Waals surface area contributed by atoms with Gasteiger partial charge in [-0.2, -0.15) is 0 Å². The second-order valence-electron chi connectivity index (χ2n) is 8.86. The van der Waals surface area contributed by atoms with E-state index in [9.17, 15) is 22.8 Å². The number of nitrogens with zero attached hydrogens (tertiary/aromatic N) is 2. The van der Waals surface area contributed by atoms with Crippen molar-refractivity contribution < 1.29 is 46.5 Å². The van der Waals surface area contributed by atoms with Gasteiger partial charge in [-0.05, 0) is 19.1 Å². The molecule has 0 fully saturated rings. The Hall–Kier alpha value is -4.20. The fraction of sp³-hybridized carbons (Fsp3) is 0.296. The van der Waals surface area contributed by atoms with Crippen LogP contribution >= 0.6 is 0 Å². The van der Waals surface area contributed by atoms with E-state index in [1.165, 1.54) is 62.1 Å². The molecule has 0 spiro atoms. The van der Waals surface area contributed by atoms with Crippen LogP contribution in [0.1, 0.15) is 33.2 Å². The molecule has 0 saturated carbocycles. The first-order valence-corrected chi connectivity index (χ1v) is 13.4. The number of esters is 3. The lowest BCUT2D eigenvalue weighted by atomic mass is 10.0. The van der Waals surface area contributed by atoms with Gasteiger partial charge in [-0.25, -0.2) is 18.0 Å². The van der Waals surface area contributed by atoms with Crippen LogP contribution in [-0.2, 0) is 47.0 Å². The molecule has 2 heterocycles. The van der Waals surface area contributed by atoms with Gasteiger partial charge in [-0.15, -0.1) is 0 Å². The Kier molecular flexibility index (Phi) is 8.00. The van der Waals surface area contributed by atoms with E-state index in [4.69, 9.17) is 23.7 Å². The van der Waals surface area contributed by atoms with Crippen molar-refractivity contribution >= 4 is 49.6 Å². The lowest BCUT2D eigenvalue weighted by Crippen LogP contribution is -2.13. The van der Waals surface area contributed by atoms with Gasteiger partial charge < -0.3 is 32.8 Å². The standard InChI is InChI=1S/C27H28N2O10S/c1-15-7-9-17(10-8-15)40(33,34)25-23-21(19(27(32)38-6)12-29(23)14-36-4)20-18(26(31)37-5)11-28(13-35-3)22(20)24(25)39-16(2)30/h7-12H,13-14H2,1-6H3. The van der Waals surface area contributed by atoms with Gasteiger partial charge >= 0.3 is 17.9 Å². The van der Waals surface area contributed by atoms with Crippen molar-refractivity contribution in [3.63, 3.8) is 0 Å². The van der Waals surface area contributed by atoms with Crippen LogP contribution in [0.3, 0.4) is 0 Å². The molecule has 2 aromatic heterocycles. The predicted octanol–water partition coefficient (Wildman–Crippen LogP) is 3.44. The number of methoxy groups -OCH3 is 4. The smallest absolute Gasteiger partial charge is 0.340 e. The molecule has 0 aliphatic rings. The van der Waals surface area contributed by atoms with Crippen LogP contribution in [0.15, 0.2) is 46.5 Å². The monoisotopic (exact) mass is 572 g/mol. The first kappa shape index (κ1) is 28.8. The summed E-state index contributed by atoms with van der Waals surface area (Å²) in [4.78, 5) is 38.0. The first-order chi connectivity index (χ1) is 19.0. The number of benzene rings is 2. The second kappa shape index (κ2) is 11.1. The van der Waals surface area contributed by atoms with Gasteiger partial charge in [-0.1, -0.05) is 17.7 Å². The number of carbonyl (C=O) groups excluding carboxylic acids is 3. The molecule has 0 radical (unpaired) electrons. The van der Waals surface area contributed by atoms with E-state index >= 15 is 0 Å². The minimum absolute atomic E-state index is 0.0208. The highest BCUT2D eigenvalue weighted by atomic mass is 32.2. The summed E-state index contributed by atoms with van der Waals surface area (Å²) < 4.78 is 57.8. The largest absolute Gasteiger partial charge is 0.465 e. The van der Waals surface area contributed by atoms with Crippen LogP contribution in [0.25, 0.3) is 21.8 Å². The Bertz CT molecular complexity index is 1750. The number of ether oxygens (including phenoxy) is 5. The summed E-state index contributed by atoms with van der Waals surface area (Å²) in [7, 11) is 0.703. The maximum atomic E-state index is 14.4. The van der Waals surface area contributed by atoms with Gasteiger partial charge in [0.25, 0.3) is 0 Å². The summed E-state index contributed by atoms with van der Waals surface area (Å²) in [6, 6.07) is 6.12. The number of sulfone groups is 1. The number of carbonyl (C=O) groups is 3. The van der Waals surface area contributed by atoms with Crippen LogP contribution in [0.2, 0.25) is 0 Å². The topological polar surface area (TPSA) is 141 Å². The maximum absolute atomic E-state index is 14.4. The number of aromatic nitrogens is 2. The molecule has 12 nitrogen and oxygen atoms in total. The molecule has 0 atom stereocenters. The molecule has 0 aliphatic heterocycles. The van der Waals surface area contributed by atoms with Gasteiger partial charge in [0.05, 0.1) is 41.3 Å². The molecular weight excluding hydrogens is 544 g/mol. The Morgan fingerprint density at radius 1 is 0.775 bits per heavy atom. The van der Waals surface area contributed by atoms with Gasteiger partial charge in [-0.3, -0.25) is 4.79 Å². The Morgan fingerprint density at radius 3 is 1.70 bits per heavy atom. The fourth-order valence-electron chi connectivity index (χ4n) is 4.66. The Morgan fingerprint density at radius 2 is 1.25 bits per heavy atom. The third-order valence-electron chi connectivity index (χ3n) is 6.24. The quantitative estimate of drug-likeness (QED) is 0.216. The maximum Gasteiger partial charge on any atom is 0.340 e. The van der Waals surface area contributed by atoms with Crippen LogP contribution in [0.4, 0.5) is 0 Å². The van der Waals surface area contributed by atoms with Crippen molar-refractivity contribution in [1.82, 2.24) is 9.13 Å². The van der Waals surface area contributed by atoms with Crippen molar-refractivity contribution in [2.45, 2.75) is 37.1 Å². The van der Waals surface area contributed by atoms with Crippen molar-refractivity contribution in [2.75, 3.05) is 28.4 Å². The van der Waals surface area contributed by atoms with Crippen LogP contribution < -0.4 is 4.74 Å². The molecule has 212 valence electrons. The Labute approximate surface area is 229 Å². The average Bonchev–Trinajstić information content (AvgIpc) is 3.47. The SMILES string of the molecule is COCn1cc(C(=O)OC)c2c3c(C(=O)OC)cn(COC)c3c(S(=O)(=O)c3ccc(C)cc3)c(OC(C)=O)c21. The van der Waals surface area contributed by atoms with E-state index in [2.05, 4.69) is 0 Å². The van der Waals surface area contributed by atoms with E-state index in [0.29, 0.717) is 0 Å². The summed E-state index contributed by atoms with van der Waals surface area (Å²) in [6.07, 6.45) is 2.74. The van der Waals surface area contributed by atoms with Crippen molar-refractivity contribution in [3.05, 3.63) is 53.3 Å². The molecule has 0 saturated heterocycles. The van der Waals surface area contributed by atoms with E-state index < -0.39 is 32.6 Å². The van der Waals surface area contributed by atoms with E-state index in [-0.39, 0.29) is 57.0 Å². The average molecular weight is 573 g/mol. The zero-order valence-electron chi connectivity index (χ0n) is 22.8. The Balaban J connectivity index is 2.40. The van der Waals surface area contributed by atoms with Crippen LogP contribution in [-0.4, -0.2) is 63.9 Å². The lowest BCUT2D eigenvalue weighted by Gasteiger charge is -2.18. The highest BCUT2D eigenvalue weighted by molar-refractivity contribution is 7.91. The normalized spacial score (nSPS) is 11.7. The highest BCUT2D eigenvalue weighted by Gasteiger charge is 2.36. The molecule has 0 aliphatic carbocycles. The zero-order valence-corrected chi connectivity index (χ0v) is 23.6. The first-order valence-electron chi connectivity index (χ1n) is 11.9. The van der Waals surface area contributed by atoms with Gasteiger partial charge in [0.1, 0.15) is 18.4 Å². The van der Waals surface area contributed by atoms with E-state index in [0.717, 1.165) is 12.5 Å². The number of hydrogen-bond acceptors (Lipinski definition) is 10. The molecule has 0 bridgehead atoms. The predicted molar refractivity (Wildman–Crippen MR) is 142 cm³/mol. The van der Waals surface area contributed by atoms with Crippen LogP contribution in [0.5, 0.6) is 5.75 Å². The highest BCUT2D eigenvalue weighted by Crippen LogP contribution is 2.47. The third kappa shape index (κ3) is 4.72. The summed E-state index contributed by atoms with van der Waals surface area (Å²) in [5.41, 5.74) is 0.747. The summed E-state index contributed by atoms with van der Waals surface area (Å²) in [5.74, 6) is -2.74. The van der Waals surface area contributed by atoms with Gasteiger partial charge in [0.15, 0.2) is 5.75 Å². The molecule has 4 rings (SSSR count). The van der Waals surface area contributed by atoms with Crippen molar-refractivity contribution in [2.24, 2.45) is 0 Å². The minimum atomic E-state index is -4.43. The van der Waals surface area contributed by atoms with Gasteiger partial charge in [0, 0.05) is 44.3 Å². The number of rotatable bonds is 9. The summed E-state index contributed by atoms with van der Waals surface area (Å²) in [5, 5.41) is 0.170. The minimum Gasteiger partial charge on any atom is -0.465 e. The molecule has 13 heteroatoms. The molecule has 0 N–H and O–H groups in total. The van der Waals surface area contributed by atoms with Crippen LogP contribution in [0, 0.1) is 6.92 Å². The summed E-state index contributed by atoms with van der Waals surface area (Å²) in [6.45, 7) is 2.57. The van der Waals surface area contributed by atoms with Crippen molar-refractivity contribution in [3.8, 4) is 5.75 Å². The lowest BCUT2D eigenvalue weighted by molar-refractivity contribution is -0.131. The second-order valence-corrected chi connectivity index (χ2v) is 10.7. The molecule has 0 unspecified atom stereocenters. The number of hydrogen-bond donors (Lipinski definition) is 0. The number of aryl methyl sites for hydroxylation is 1. The molecular formula is C27H28N2O10S. The summed E-state index contributed by atoms with van der Waals surface area (Å²) >= 11 is 0. The van der Waals surface area contributed by atoms with Crippen molar-refractivity contribution in [1.29, 1.82) is 0 Å². The zero-order chi connectivity index (χ0) is 29.4. The fourth-order valence-corrected chi connectivity index (χ4v) is 6.24. The molecule has 0 amide bonds. The van der Waals surface area contributed by atoms with E-state index in [1.807, 2.05) is 6.92 Å². The molecule has 40 heavy (non-hydrogen) atoms. The third-order valence-corrected chi connectivity index (χ3v) is 8.04.